The zero-order valence-corrected chi connectivity index (χ0v) is 14.9. The molecular weight excluding hydrogens is 342 g/mol. The van der Waals surface area contributed by atoms with E-state index in [4.69, 9.17) is 4.74 Å². The van der Waals surface area contributed by atoms with Gasteiger partial charge < -0.3 is 10.1 Å². The van der Waals surface area contributed by atoms with E-state index in [9.17, 15) is 9.59 Å². The summed E-state index contributed by atoms with van der Waals surface area (Å²) < 4.78 is 5.01. The molecule has 1 amide bonds. The third-order valence-electron chi connectivity index (χ3n) is 4.29. The number of nitrogens with one attached hydrogen (secondary N) is 1. The van der Waals surface area contributed by atoms with Gasteiger partial charge in [-0.15, -0.1) is 21.5 Å². The normalized spacial score (nSPS) is 20.2. The highest BCUT2D eigenvalue weighted by molar-refractivity contribution is 7.13. The maximum absolute atomic E-state index is 11.9. The summed E-state index contributed by atoms with van der Waals surface area (Å²) >= 11 is 1.49. The number of hydrogen-bond donors (Lipinski definition) is 1. The van der Waals surface area contributed by atoms with Gasteiger partial charge in [0.15, 0.2) is 13.2 Å². The van der Waals surface area contributed by atoms with Crippen molar-refractivity contribution in [2.24, 2.45) is 5.92 Å². The molecule has 0 saturated heterocycles. The van der Waals surface area contributed by atoms with Crippen molar-refractivity contribution in [1.82, 2.24) is 25.5 Å². The van der Waals surface area contributed by atoms with Crippen molar-refractivity contribution in [3.05, 3.63) is 17.5 Å². The molecule has 25 heavy (non-hydrogen) atoms. The van der Waals surface area contributed by atoms with Gasteiger partial charge in [0.05, 0.1) is 4.88 Å². The van der Waals surface area contributed by atoms with E-state index in [-0.39, 0.29) is 25.1 Å². The summed E-state index contributed by atoms with van der Waals surface area (Å²) in [6.07, 6.45) is 4.44. The van der Waals surface area contributed by atoms with Crippen molar-refractivity contribution in [1.29, 1.82) is 0 Å². The van der Waals surface area contributed by atoms with Gasteiger partial charge >= 0.3 is 5.97 Å². The van der Waals surface area contributed by atoms with Crippen molar-refractivity contribution >= 4 is 23.2 Å². The summed E-state index contributed by atoms with van der Waals surface area (Å²) in [5.74, 6) is 0.0927. The fourth-order valence-electron chi connectivity index (χ4n) is 2.90. The van der Waals surface area contributed by atoms with Crippen molar-refractivity contribution in [2.45, 2.75) is 45.2 Å². The number of ether oxygens (including phenoxy) is 1. The van der Waals surface area contributed by atoms with Gasteiger partial charge in [0.25, 0.3) is 5.91 Å². The number of aromatic nitrogens is 4. The number of tetrazole rings is 1. The van der Waals surface area contributed by atoms with Crippen LogP contribution in [0.5, 0.6) is 0 Å². The van der Waals surface area contributed by atoms with Gasteiger partial charge in [-0.05, 0) is 35.4 Å². The Hall–Kier alpha value is -2.29. The predicted octanol–water partition coefficient (Wildman–Crippen LogP) is 1.64. The van der Waals surface area contributed by atoms with Crippen LogP contribution >= 0.6 is 11.3 Å². The lowest BCUT2D eigenvalue weighted by atomic mass is 9.86. The van der Waals surface area contributed by atoms with E-state index < -0.39 is 5.97 Å². The molecule has 8 nitrogen and oxygen atoms in total. The minimum Gasteiger partial charge on any atom is -0.454 e. The first-order valence-electron chi connectivity index (χ1n) is 8.38. The number of hydrogen-bond acceptors (Lipinski definition) is 7. The lowest BCUT2D eigenvalue weighted by molar-refractivity contribution is -0.149. The lowest BCUT2D eigenvalue weighted by Gasteiger charge is -2.29. The maximum Gasteiger partial charge on any atom is 0.330 e. The quantitative estimate of drug-likeness (QED) is 0.783. The Kier molecular flexibility index (Phi) is 5.75. The third kappa shape index (κ3) is 4.85. The molecule has 0 unspecified atom stereocenters. The Labute approximate surface area is 149 Å². The smallest absolute Gasteiger partial charge is 0.330 e. The van der Waals surface area contributed by atoms with Crippen LogP contribution in [0, 0.1) is 5.92 Å². The zero-order valence-electron chi connectivity index (χ0n) is 14.1. The SMILES string of the molecule is C[C@@H]1CCCC[C@H]1NC(=O)COC(=O)Cn1nnc(-c2cccs2)n1. The summed E-state index contributed by atoms with van der Waals surface area (Å²) in [6, 6.07) is 3.94. The fraction of sp³-hybridized carbons (Fsp3) is 0.562. The molecule has 1 N–H and O–H groups in total. The molecule has 0 bridgehead atoms. The summed E-state index contributed by atoms with van der Waals surface area (Å²) in [6.45, 7) is 1.68. The van der Waals surface area contributed by atoms with Gasteiger partial charge in [-0.1, -0.05) is 25.8 Å². The predicted molar refractivity (Wildman–Crippen MR) is 91.7 cm³/mol. The molecule has 1 aliphatic rings. The number of carbonyl (C=O) groups excluding carboxylic acids is 2. The minimum atomic E-state index is -0.568. The van der Waals surface area contributed by atoms with Gasteiger partial charge in [0.2, 0.25) is 5.82 Å². The molecule has 1 saturated carbocycles. The average molecular weight is 363 g/mol. The van der Waals surface area contributed by atoms with Crippen LogP contribution in [0.3, 0.4) is 0 Å². The molecule has 3 rings (SSSR count). The molecule has 0 radical (unpaired) electrons. The van der Waals surface area contributed by atoms with Gasteiger partial charge in [0, 0.05) is 6.04 Å². The van der Waals surface area contributed by atoms with Crippen LogP contribution in [0.1, 0.15) is 32.6 Å². The molecule has 2 atom stereocenters. The van der Waals surface area contributed by atoms with Crippen LogP contribution in [0.25, 0.3) is 10.7 Å². The van der Waals surface area contributed by atoms with Crippen molar-refractivity contribution in [3.63, 3.8) is 0 Å². The number of thiophene rings is 1. The monoisotopic (exact) mass is 363 g/mol. The van der Waals surface area contributed by atoms with E-state index in [1.807, 2.05) is 17.5 Å². The molecule has 2 aromatic heterocycles. The minimum absolute atomic E-state index is 0.172. The highest BCUT2D eigenvalue weighted by Gasteiger charge is 2.23. The first-order chi connectivity index (χ1) is 12.1. The topological polar surface area (TPSA) is 99.0 Å². The van der Waals surface area contributed by atoms with Gasteiger partial charge in [-0.2, -0.15) is 4.80 Å². The van der Waals surface area contributed by atoms with Crippen LogP contribution in [0.15, 0.2) is 17.5 Å². The molecule has 1 fully saturated rings. The largest absolute Gasteiger partial charge is 0.454 e. The number of amides is 1. The first kappa shape index (κ1) is 17.5. The van der Waals surface area contributed by atoms with E-state index in [1.165, 1.54) is 22.6 Å². The lowest BCUT2D eigenvalue weighted by Crippen LogP contribution is -2.43. The van der Waals surface area contributed by atoms with Crippen LogP contribution < -0.4 is 5.32 Å². The molecule has 0 aromatic carbocycles. The Morgan fingerprint density at radius 1 is 1.40 bits per heavy atom. The number of rotatable bonds is 6. The summed E-state index contributed by atoms with van der Waals surface area (Å²) in [4.78, 5) is 25.8. The molecule has 134 valence electrons. The van der Waals surface area contributed by atoms with E-state index in [0.29, 0.717) is 11.7 Å². The van der Waals surface area contributed by atoms with Crippen LogP contribution in [-0.2, 0) is 20.9 Å². The second-order valence-electron chi connectivity index (χ2n) is 6.22. The third-order valence-corrected chi connectivity index (χ3v) is 5.15. The summed E-state index contributed by atoms with van der Waals surface area (Å²) in [5.41, 5.74) is 0. The van der Waals surface area contributed by atoms with Crippen LogP contribution in [0.2, 0.25) is 0 Å². The highest BCUT2D eigenvalue weighted by atomic mass is 32.1. The Bertz CT molecular complexity index is 715. The van der Waals surface area contributed by atoms with Crippen molar-refractivity contribution in [3.8, 4) is 10.7 Å². The molecule has 2 heterocycles. The van der Waals surface area contributed by atoms with Crippen LogP contribution in [0.4, 0.5) is 0 Å². The molecular formula is C16H21N5O3S. The second-order valence-corrected chi connectivity index (χ2v) is 7.16. The molecule has 2 aromatic rings. The van der Waals surface area contributed by atoms with E-state index >= 15 is 0 Å². The van der Waals surface area contributed by atoms with Gasteiger partial charge in [-0.25, -0.2) is 4.79 Å². The molecule has 1 aliphatic carbocycles. The first-order valence-corrected chi connectivity index (χ1v) is 9.26. The zero-order chi connectivity index (χ0) is 17.6. The standard InChI is InChI=1S/C16H21N5O3S/c1-11-5-2-3-6-12(11)17-14(22)10-24-15(23)9-21-19-16(18-20-21)13-7-4-8-25-13/h4,7-8,11-12H,2-3,5-6,9-10H2,1H3,(H,17,22)/t11-,12-/m1/s1. The van der Waals surface area contributed by atoms with E-state index in [1.54, 1.807) is 0 Å². The van der Waals surface area contributed by atoms with Crippen LogP contribution in [-0.4, -0.2) is 44.7 Å². The number of carbonyl (C=O) groups is 2. The summed E-state index contributed by atoms with van der Waals surface area (Å²) in [7, 11) is 0. The van der Waals surface area contributed by atoms with E-state index in [0.717, 1.165) is 24.1 Å². The highest BCUT2D eigenvalue weighted by Crippen LogP contribution is 2.23. The number of nitrogens with zero attached hydrogens (tertiary/aromatic N) is 4. The Morgan fingerprint density at radius 3 is 3.00 bits per heavy atom. The van der Waals surface area contributed by atoms with Gasteiger partial charge in [0.1, 0.15) is 0 Å². The second kappa shape index (κ2) is 8.19. The molecule has 0 spiro atoms. The Balaban J connectivity index is 1.42. The van der Waals surface area contributed by atoms with Crippen molar-refractivity contribution in [2.75, 3.05) is 6.61 Å². The van der Waals surface area contributed by atoms with Gasteiger partial charge in [-0.3, -0.25) is 4.79 Å². The Morgan fingerprint density at radius 2 is 2.24 bits per heavy atom. The van der Waals surface area contributed by atoms with Crippen molar-refractivity contribution < 1.29 is 14.3 Å². The molecule has 0 aliphatic heterocycles. The maximum atomic E-state index is 11.9. The summed E-state index contributed by atoms with van der Waals surface area (Å²) in [5, 5.41) is 16.7. The van der Waals surface area contributed by atoms with E-state index in [2.05, 4.69) is 27.7 Å². The number of esters is 1. The fourth-order valence-corrected chi connectivity index (χ4v) is 3.55. The molecule has 9 heteroatoms. The average Bonchev–Trinajstić information content (AvgIpc) is 3.26.